The number of rotatable bonds is 3. The van der Waals surface area contributed by atoms with Crippen LogP contribution in [0.2, 0.25) is 0 Å². The third kappa shape index (κ3) is 3.69. The van der Waals surface area contributed by atoms with Gasteiger partial charge in [-0.15, -0.1) is 0 Å². The molecule has 1 aromatic heterocycles. The van der Waals surface area contributed by atoms with Gasteiger partial charge in [-0.3, -0.25) is 0 Å². The van der Waals surface area contributed by atoms with Crippen molar-refractivity contribution < 1.29 is 21.0 Å². The van der Waals surface area contributed by atoms with Crippen LogP contribution >= 0.6 is 31.6 Å². The van der Waals surface area contributed by atoms with Crippen LogP contribution in [0.15, 0.2) is 47.8 Å². The van der Waals surface area contributed by atoms with Gasteiger partial charge in [0.1, 0.15) is 0 Å². The van der Waals surface area contributed by atoms with E-state index in [4.69, 9.17) is 3.07 Å². The number of halogens is 4. The Morgan fingerprint density at radius 2 is 1.79 bits per heavy atom. The minimum atomic E-state index is -4.96. The van der Waals surface area contributed by atoms with Crippen molar-refractivity contribution in [3.8, 4) is 0 Å². The number of hydrogen-bond donors (Lipinski definition) is 0. The van der Waals surface area contributed by atoms with Crippen molar-refractivity contribution in [2.45, 2.75) is 6.18 Å². The number of carbonyl (C=O) groups excluding carboxylic acids is 1. The van der Waals surface area contributed by atoms with Crippen LogP contribution in [0, 0.1) is 6.45 Å². The Kier molecular flexibility index (Phi) is 4.46. The molecule has 0 fully saturated rings. The van der Waals surface area contributed by atoms with Crippen LogP contribution in [-0.2, 0) is 7.86 Å². The molecule has 0 N–H and O–H groups in total. The van der Waals surface area contributed by atoms with Gasteiger partial charge < -0.3 is 0 Å². The average Bonchev–Trinajstić information content (AvgIpc) is 2.89. The minimum absolute atomic E-state index is 0.659. The van der Waals surface area contributed by atoms with Crippen LogP contribution in [-0.4, -0.2) is 12.1 Å². The van der Waals surface area contributed by atoms with Gasteiger partial charge in [-0.05, 0) is 0 Å². The van der Waals surface area contributed by atoms with Crippen LogP contribution in [0.1, 0.15) is 0 Å². The zero-order valence-corrected chi connectivity index (χ0v) is 12.3. The molecule has 0 saturated heterocycles. The van der Waals surface area contributed by atoms with Gasteiger partial charge in [0.15, 0.2) is 0 Å². The predicted molar refractivity (Wildman–Crippen MR) is 74.3 cm³/mol. The van der Waals surface area contributed by atoms with Gasteiger partial charge in [0.05, 0.1) is 0 Å². The normalized spacial score (nSPS) is 12.1. The molecule has 0 aliphatic heterocycles. The summed E-state index contributed by atoms with van der Waals surface area (Å²) in [7, 11) is 0. The fourth-order valence-corrected chi connectivity index (χ4v) is 6.99. The first kappa shape index (κ1) is 14.3. The van der Waals surface area contributed by atoms with Gasteiger partial charge >= 0.3 is 119 Å². The molecule has 2 nitrogen and oxygen atoms in total. The van der Waals surface area contributed by atoms with E-state index in [1.807, 2.05) is 0 Å². The molecule has 0 amide bonds. The first-order valence-corrected chi connectivity index (χ1v) is 8.98. The molecular weight excluding hydrogens is 392 g/mol. The van der Waals surface area contributed by atoms with Gasteiger partial charge in [0.25, 0.3) is 0 Å². The van der Waals surface area contributed by atoms with Crippen molar-refractivity contribution in [2.24, 2.45) is 0 Å². The number of thiophene rings is 1. The molecule has 0 saturated carbocycles. The summed E-state index contributed by atoms with van der Waals surface area (Å²) in [6.07, 6.45) is -4.96. The van der Waals surface area contributed by atoms with Gasteiger partial charge in [-0.25, -0.2) is 0 Å². The maximum absolute atomic E-state index is 12.3. The summed E-state index contributed by atoms with van der Waals surface area (Å²) in [5.41, 5.74) is 0. The molecule has 19 heavy (non-hydrogen) atoms. The molecule has 2 rings (SSSR count). The van der Waals surface area contributed by atoms with Crippen LogP contribution in [0.4, 0.5) is 13.2 Å². The SMILES string of the molecule is O=C(OI(c1ccccc1)c1cccs1)C(F)(F)F. The molecule has 0 radical (unpaired) electrons. The Labute approximate surface area is 119 Å². The standard InChI is InChI=1S/C12H8F3IO2S/c13-12(14,15)11(17)18-16(10-7-4-8-19-10)9-5-2-1-3-6-9/h1-8H. The first-order chi connectivity index (χ1) is 8.98. The van der Waals surface area contributed by atoms with Gasteiger partial charge in [-0.2, -0.15) is 0 Å². The van der Waals surface area contributed by atoms with Crippen molar-refractivity contribution in [1.82, 2.24) is 0 Å². The van der Waals surface area contributed by atoms with Gasteiger partial charge in [0, 0.05) is 0 Å². The molecule has 7 heteroatoms. The van der Waals surface area contributed by atoms with E-state index >= 15 is 0 Å². The van der Waals surface area contributed by atoms with Crippen molar-refractivity contribution in [3.05, 3.63) is 54.3 Å². The second-order valence-corrected chi connectivity index (χ2v) is 9.27. The third-order valence-electron chi connectivity index (χ3n) is 1.97. The molecular formula is C12H8F3IO2S. The maximum atomic E-state index is 12.3. The van der Waals surface area contributed by atoms with Crippen LogP contribution < -0.4 is 0 Å². The zero-order valence-electron chi connectivity index (χ0n) is 9.36. The summed E-state index contributed by atoms with van der Waals surface area (Å²) in [4.78, 5) is 11.0. The topological polar surface area (TPSA) is 26.3 Å². The molecule has 102 valence electrons. The molecule has 1 aromatic carbocycles. The summed E-state index contributed by atoms with van der Waals surface area (Å²) in [6, 6.07) is 12.0. The molecule has 0 aliphatic carbocycles. The van der Waals surface area contributed by atoms with E-state index in [0.29, 0.717) is 6.45 Å². The Hall–Kier alpha value is -1.09. The summed E-state index contributed by atoms with van der Waals surface area (Å²) in [5.74, 6) is -2.12. The summed E-state index contributed by atoms with van der Waals surface area (Å²) in [6.45, 7) is 0. The van der Waals surface area contributed by atoms with E-state index in [1.165, 1.54) is 11.3 Å². The monoisotopic (exact) mass is 400 g/mol. The van der Waals surface area contributed by atoms with E-state index in [9.17, 15) is 18.0 Å². The van der Waals surface area contributed by atoms with Crippen molar-refractivity contribution >= 4 is 37.5 Å². The molecule has 0 unspecified atom stereocenters. The zero-order chi connectivity index (χ0) is 13.9. The Bertz CT molecular complexity index is 540. The number of carbonyl (C=O) groups is 1. The van der Waals surface area contributed by atoms with E-state index in [1.54, 1.807) is 47.8 Å². The Balaban J connectivity index is 2.29. The summed E-state index contributed by atoms with van der Waals surface area (Å²) in [5, 5.41) is 1.75. The third-order valence-corrected chi connectivity index (χ3v) is 8.34. The Morgan fingerprint density at radius 3 is 2.32 bits per heavy atom. The second kappa shape index (κ2) is 5.91. The number of hydrogen-bond acceptors (Lipinski definition) is 3. The fourth-order valence-electron chi connectivity index (χ4n) is 1.19. The van der Waals surface area contributed by atoms with E-state index in [-0.39, 0.29) is 0 Å². The molecule has 1 heterocycles. The van der Waals surface area contributed by atoms with Crippen molar-refractivity contribution in [3.63, 3.8) is 0 Å². The van der Waals surface area contributed by atoms with Crippen molar-refractivity contribution in [2.75, 3.05) is 0 Å². The number of benzene rings is 1. The summed E-state index contributed by atoms with van der Waals surface area (Å²) >= 11 is -1.51. The quantitative estimate of drug-likeness (QED) is 0.718. The second-order valence-electron chi connectivity index (χ2n) is 3.32. The average molecular weight is 400 g/mol. The molecule has 2 aromatic rings. The van der Waals surface area contributed by atoms with Crippen LogP contribution in [0.5, 0.6) is 0 Å². The summed E-state index contributed by atoms with van der Waals surface area (Å²) < 4.78 is 43.1. The van der Waals surface area contributed by atoms with Crippen molar-refractivity contribution in [1.29, 1.82) is 0 Å². The predicted octanol–water partition coefficient (Wildman–Crippen LogP) is 4.31. The van der Waals surface area contributed by atoms with E-state index in [2.05, 4.69) is 0 Å². The Morgan fingerprint density at radius 1 is 1.11 bits per heavy atom. The molecule has 0 bridgehead atoms. The molecule has 0 atom stereocenters. The van der Waals surface area contributed by atoms with E-state index in [0.717, 1.165) is 0 Å². The first-order valence-electron chi connectivity index (χ1n) is 5.06. The van der Waals surface area contributed by atoms with E-state index < -0.39 is 32.4 Å². The van der Waals surface area contributed by atoms with Gasteiger partial charge in [0.2, 0.25) is 0 Å². The molecule has 0 aliphatic rings. The van der Waals surface area contributed by atoms with Crippen LogP contribution in [0.3, 0.4) is 0 Å². The fraction of sp³-hybridized carbons (Fsp3) is 0.0833. The van der Waals surface area contributed by atoms with Gasteiger partial charge in [-0.1, -0.05) is 0 Å². The molecule has 0 spiro atoms. The number of alkyl halides is 3. The van der Waals surface area contributed by atoms with Crippen LogP contribution in [0.25, 0.3) is 0 Å².